The van der Waals surface area contributed by atoms with Crippen molar-refractivity contribution < 1.29 is 52.3 Å². The van der Waals surface area contributed by atoms with Gasteiger partial charge in [0.25, 0.3) is 0 Å². The number of rotatable bonds is 13. The third-order valence-electron chi connectivity index (χ3n) is 3.84. The molecule has 0 aromatic rings. The van der Waals surface area contributed by atoms with Gasteiger partial charge in [-0.25, -0.2) is 14.4 Å². The van der Waals surface area contributed by atoms with Crippen LogP contribution in [0.25, 0.3) is 0 Å². The van der Waals surface area contributed by atoms with E-state index in [-0.39, 0.29) is 45.0 Å². The van der Waals surface area contributed by atoms with Gasteiger partial charge in [-0.05, 0) is 27.2 Å². The summed E-state index contributed by atoms with van der Waals surface area (Å²) in [4.78, 5) is 48.1. The fraction of sp³-hybridized carbons (Fsp3) is 0.600. The summed E-state index contributed by atoms with van der Waals surface area (Å²) in [6, 6.07) is 0. The standard InChI is InChI=1S/C20H30N2O11/c1-4-27-18(24)31-11-10-30-17(22-9-7-8-14(12-22)16(21)23)15(33-20(26)29-6-3)13-32-19(25)28-5-2/h7,9,12,15,17H,4-6,8,10-11,13H2,1-3H3,(H2,21,23)/t15-,17-/m1/s1. The molecule has 33 heavy (non-hydrogen) atoms. The predicted octanol–water partition coefficient (Wildman–Crippen LogP) is 1.81. The van der Waals surface area contributed by atoms with Crippen LogP contribution in [0, 0.1) is 0 Å². The Labute approximate surface area is 191 Å². The van der Waals surface area contributed by atoms with E-state index in [9.17, 15) is 19.2 Å². The molecular weight excluding hydrogens is 444 g/mol. The third-order valence-corrected chi connectivity index (χ3v) is 3.84. The monoisotopic (exact) mass is 474 g/mol. The zero-order valence-corrected chi connectivity index (χ0v) is 18.9. The van der Waals surface area contributed by atoms with Crippen LogP contribution in [0.1, 0.15) is 27.2 Å². The van der Waals surface area contributed by atoms with Crippen molar-refractivity contribution in [2.45, 2.75) is 39.5 Å². The minimum absolute atomic E-state index is 0.0402. The molecule has 0 radical (unpaired) electrons. The highest BCUT2D eigenvalue weighted by Gasteiger charge is 2.33. The lowest BCUT2D eigenvalue weighted by atomic mass is 10.1. The number of ether oxygens (including phenoxy) is 7. The van der Waals surface area contributed by atoms with Crippen molar-refractivity contribution in [1.29, 1.82) is 0 Å². The normalized spacial score (nSPS) is 14.4. The molecule has 2 atom stereocenters. The fourth-order valence-corrected chi connectivity index (χ4v) is 2.50. The number of hydrogen-bond acceptors (Lipinski definition) is 12. The molecular formula is C20H30N2O11. The highest BCUT2D eigenvalue weighted by atomic mass is 16.8. The van der Waals surface area contributed by atoms with E-state index in [1.165, 1.54) is 11.1 Å². The van der Waals surface area contributed by atoms with Gasteiger partial charge in [0, 0.05) is 18.0 Å². The Morgan fingerprint density at radius 2 is 1.52 bits per heavy atom. The van der Waals surface area contributed by atoms with Crippen molar-refractivity contribution in [3.8, 4) is 0 Å². The molecule has 0 fully saturated rings. The summed E-state index contributed by atoms with van der Waals surface area (Å²) in [6.07, 6.45) is -0.360. The van der Waals surface area contributed by atoms with Gasteiger partial charge in [-0.3, -0.25) is 4.79 Å². The van der Waals surface area contributed by atoms with E-state index in [0.717, 1.165) is 0 Å². The maximum absolute atomic E-state index is 12.0. The molecule has 1 amide bonds. The summed E-state index contributed by atoms with van der Waals surface area (Å²) in [5, 5.41) is 0. The van der Waals surface area contributed by atoms with Crippen molar-refractivity contribution in [2.24, 2.45) is 5.73 Å². The summed E-state index contributed by atoms with van der Waals surface area (Å²) in [7, 11) is 0. The van der Waals surface area contributed by atoms with E-state index >= 15 is 0 Å². The first-order chi connectivity index (χ1) is 15.8. The minimum Gasteiger partial charge on any atom is -0.435 e. The first-order valence-corrected chi connectivity index (χ1v) is 10.3. The number of hydrogen-bond donors (Lipinski definition) is 1. The predicted molar refractivity (Wildman–Crippen MR) is 110 cm³/mol. The van der Waals surface area contributed by atoms with Crippen LogP contribution in [-0.4, -0.2) is 81.2 Å². The van der Waals surface area contributed by atoms with Crippen LogP contribution >= 0.6 is 0 Å². The van der Waals surface area contributed by atoms with Gasteiger partial charge in [0.05, 0.1) is 26.4 Å². The molecule has 2 N–H and O–H groups in total. The molecule has 0 bridgehead atoms. The van der Waals surface area contributed by atoms with Gasteiger partial charge in [0.2, 0.25) is 5.91 Å². The van der Waals surface area contributed by atoms with E-state index < -0.39 is 43.3 Å². The lowest BCUT2D eigenvalue weighted by Crippen LogP contribution is -2.47. The summed E-state index contributed by atoms with van der Waals surface area (Å²) in [5.74, 6) is -0.653. The summed E-state index contributed by atoms with van der Waals surface area (Å²) >= 11 is 0. The van der Waals surface area contributed by atoms with Crippen molar-refractivity contribution in [2.75, 3.05) is 39.6 Å². The summed E-state index contributed by atoms with van der Waals surface area (Å²) < 4.78 is 35.1. The number of nitrogens with zero attached hydrogens (tertiary/aromatic N) is 1. The van der Waals surface area contributed by atoms with Crippen LogP contribution < -0.4 is 5.73 Å². The molecule has 0 aliphatic carbocycles. The minimum atomic E-state index is -1.23. The molecule has 0 aromatic carbocycles. The van der Waals surface area contributed by atoms with E-state index in [1.807, 2.05) is 0 Å². The fourth-order valence-electron chi connectivity index (χ4n) is 2.50. The van der Waals surface area contributed by atoms with E-state index in [2.05, 4.69) is 4.74 Å². The van der Waals surface area contributed by atoms with Gasteiger partial charge in [-0.2, -0.15) is 0 Å². The van der Waals surface area contributed by atoms with E-state index in [0.29, 0.717) is 0 Å². The smallest absolute Gasteiger partial charge is 0.435 e. The van der Waals surface area contributed by atoms with Crippen LogP contribution in [0.2, 0.25) is 0 Å². The Morgan fingerprint density at radius 1 is 0.909 bits per heavy atom. The molecule has 1 aliphatic heterocycles. The summed E-state index contributed by atoms with van der Waals surface area (Å²) in [6.45, 7) is 4.25. The Bertz CT molecular complexity index is 723. The number of allylic oxidation sites excluding steroid dienone is 1. The topological polar surface area (TPSA) is 162 Å². The highest BCUT2D eigenvalue weighted by Crippen LogP contribution is 2.20. The van der Waals surface area contributed by atoms with Gasteiger partial charge in [0.15, 0.2) is 12.3 Å². The Kier molecular flexibility index (Phi) is 12.8. The summed E-state index contributed by atoms with van der Waals surface area (Å²) in [5.41, 5.74) is 5.63. The average molecular weight is 474 g/mol. The number of nitrogens with two attached hydrogens (primary N) is 1. The Hall–Kier alpha value is -3.48. The molecule has 0 saturated heterocycles. The van der Waals surface area contributed by atoms with Crippen LogP contribution in [-0.2, 0) is 38.0 Å². The van der Waals surface area contributed by atoms with Crippen LogP contribution in [0.15, 0.2) is 24.0 Å². The van der Waals surface area contributed by atoms with E-state index in [4.69, 9.17) is 34.2 Å². The first kappa shape index (κ1) is 27.6. The van der Waals surface area contributed by atoms with Crippen molar-refractivity contribution in [3.05, 3.63) is 24.0 Å². The molecule has 1 aliphatic rings. The number of primary amides is 1. The highest BCUT2D eigenvalue weighted by molar-refractivity contribution is 5.92. The van der Waals surface area contributed by atoms with E-state index in [1.54, 1.807) is 33.0 Å². The number of amides is 1. The molecule has 0 saturated carbocycles. The third kappa shape index (κ3) is 10.6. The van der Waals surface area contributed by atoms with Crippen LogP contribution in [0.4, 0.5) is 14.4 Å². The molecule has 1 rings (SSSR count). The maximum Gasteiger partial charge on any atom is 0.508 e. The molecule has 186 valence electrons. The van der Waals surface area contributed by atoms with Gasteiger partial charge >= 0.3 is 18.5 Å². The number of carbonyl (C=O) groups is 4. The van der Waals surface area contributed by atoms with Crippen molar-refractivity contribution >= 4 is 24.4 Å². The zero-order chi connectivity index (χ0) is 24.6. The van der Waals surface area contributed by atoms with Gasteiger partial charge in [-0.1, -0.05) is 6.08 Å². The Morgan fingerprint density at radius 3 is 2.12 bits per heavy atom. The molecule has 0 spiro atoms. The molecule has 0 aromatic heterocycles. The Balaban J connectivity index is 3.04. The van der Waals surface area contributed by atoms with Gasteiger partial charge in [-0.15, -0.1) is 0 Å². The lowest BCUT2D eigenvalue weighted by Gasteiger charge is -2.34. The second kappa shape index (κ2) is 15.3. The molecule has 0 unspecified atom stereocenters. The van der Waals surface area contributed by atoms with Gasteiger partial charge < -0.3 is 43.8 Å². The quantitative estimate of drug-likeness (QED) is 0.234. The van der Waals surface area contributed by atoms with Crippen LogP contribution in [0.3, 0.4) is 0 Å². The first-order valence-electron chi connectivity index (χ1n) is 10.3. The molecule has 13 heteroatoms. The lowest BCUT2D eigenvalue weighted by molar-refractivity contribution is -0.131. The molecule has 1 heterocycles. The van der Waals surface area contributed by atoms with Crippen molar-refractivity contribution in [3.63, 3.8) is 0 Å². The van der Waals surface area contributed by atoms with Gasteiger partial charge in [0.1, 0.15) is 13.2 Å². The SMILES string of the molecule is CCOC(=O)OCCO[C@H]([C@@H](COC(=O)OCC)OC(=O)OCC)N1C=CCC(C(N)=O)=C1. The zero-order valence-electron chi connectivity index (χ0n) is 18.9. The second-order valence-corrected chi connectivity index (χ2v) is 6.18. The average Bonchev–Trinajstić information content (AvgIpc) is 2.77. The number of carbonyl (C=O) groups excluding carboxylic acids is 4. The second-order valence-electron chi connectivity index (χ2n) is 6.18. The van der Waals surface area contributed by atoms with Crippen molar-refractivity contribution in [1.82, 2.24) is 4.90 Å². The largest absolute Gasteiger partial charge is 0.508 e. The molecule has 13 nitrogen and oxygen atoms in total. The maximum atomic E-state index is 12.0. The van der Waals surface area contributed by atoms with Crippen LogP contribution in [0.5, 0.6) is 0 Å².